The summed E-state index contributed by atoms with van der Waals surface area (Å²) >= 11 is 0. The van der Waals surface area contributed by atoms with Crippen LogP contribution in [0.5, 0.6) is 0 Å². The predicted molar refractivity (Wildman–Crippen MR) is 79.1 cm³/mol. The molecule has 3 unspecified atom stereocenters. The van der Waals surface area contributed by atoms with Crippen molar-refractivity contribution in [2.75, 3.05) is 0 Å². The van der Waals surface area contributed by atoms with E-state index in [9.17, 15) is 4.79 Å². The van der Waals surface area contributed by atoms with Gasteiger partial charge in [-0.1, -0.05) is 6.42 Å². The first-order valence-corrected chi connectivity index (χ1v) is 7.71. The summed E-state index contributed by atoms with van der Waals surface area (Å²) in [6.07, 6.45) is 8.43. The SMILES string of the molecule is CC(NC(=O)C1CC2CCCC(C1)C2N)C1CC1.Cl. The van der Waals surface area contributed by atoms with Crippen molar-refractivity contribution in [3.05, 3.63) is 0 Å². The smallest absolute Gasteiger partial charge is 0.223 e. The Morgan fingerprint density at radius 3 is 2.26 bits per heavy atom. The highest BCUT2D eigenvalue weighted by atomic mass is 35.5. The van der Waals surface area contributed by atoms with Crippen molar-refractivity contribution >= 4 is 18.3 Å². The monoisotopic (exact) mass is 286 g/mol. The van der Waals surface area contributed by atoms with Crippen LogP contribution in [0.15, 0.2) is 0 Å². The van der Waals surface area contributed by atoms with Crippen LogP contribution in [-0.2, 0) is 4.79 Å². The summed E-state index contributed by atoms with van der Waals surface area (Å²) in [4.78, 5) is 12.3. The highest BCUT2D eigenvalue weighted by Crippen LogP contribution is 2.42. The molecular formula is C15H27ClN2O. The number of carbonyl (C=O) groups is 1. The molecule has 1 amide bonds. The minimum Gasteiger partial charge on any atom is -0.353 e. The van der Waals surface area contributed by atoms with Gasteiger partial charge in [-0.15, -0.1) is 12.4 Å². The maximum atomic E-state index is 12.3. The lowest BCUT2D eigenvalue weighted by Gasteiger charge is -2.43. The van der Waals surface area contributed by atoms with Crippen LogP contribution >= 0.6 is 12.4 Å². The van der Waals surface area contributed by atoms with E-state index in [1.807, 2.05) is 0 Å². The molecule has 3 saturated carbocycles. The number of nitrogens with one attached hydrogen (secondary N) is 1. The highest BCUT2D eigenvalue weighted by molar-refractivity contribution is 5.85. The van der Waals surface area contributed by atoms with E-state index in [4.69, 9.17) is 5.73 Å². The van der Waals surface area contributed by atoms with E-state index in [0.29, 0.717) is 29.8 Å². The zero-order valence-electron chi connectivity index (χ0n) is 11.8. The molecule has 3 N–H and O–H groups in total. The third-order valence-corrected chi connectivity index (χ3v) is 5.48. The average molecular weight is 287 g/mol. The summed E-state index contributed by atoms with van der Waals surface area (Å²) in [5.74, 6) is 2.49. The van der Waals surface area contributed by atoms with E-state index < -0.39 is 0 Å². The largest absolute Gasteiger partial charge is 0.353 e. The predicted octanol–water partition coefficient (Wildman–Crippen LogP) is 2.48. The van der Waals surface area contributed by atoms with Gasteiger partial charge in [0.2, 0.25) is 5.91 Å². The molecule has 0 saturated heterocycles. The van der Waals surface area contributed by atoms with Crippen molar-refractivity contribution in [3.8, 4) is 0 Å². The van der Waals surface area contributed by atoms with Crippen molar-refractivity contribution in [2.45, 2.75) is 64.0 Å². The van der Waals surface area contributed by atoms with Crippen LogP contribution < -0.4 is 11.1 Å². The number of hydrogen-bond donors (Lipinski definition) is 2. The normalized spacial score (nSPS) is 39.1. The number of halogens is 1. The number of carbonyl (C=O) groups excluding carboxylic acids is 1. The first-order chi connectivity index (χ1) is 8.65. The molecule has 2 bridgehead atoms. The molecule has 0 aromatic carbocycles. The molecule has 3 nitrogen and oxygen atoms in total. The standard InChI is InChI=1S/C15H26N2O.ClH/c1-9(10-5-6-10)17-15(18)13-7-11-3-2-4-12(8-13)14(11)16;/h9-14H,2-8,16H2,1H3,(H,17,18);1H. The van der Waals surface area contributed by atoms with Crippen LogP contribution in [-0.4, -0.2) is 18.0 Å². The number of fused-ring (bicyclic) bond motifs is 2. The molecule has 0 aromatic rings. The van der Waals surface area contributed by atoms with E-state index in [2.05, 4.69) is 12.2 Å². The Labute approximate surface area is 122 Å². The van der Waals surface area contributed by atoms with Gasteiger partial charge in [0.15, 0.2) is 0 Å². The molecule has 0 aromatic heterocycles. The molecule has 3 rings (SSSR count). The fourth-order valence-corrected chi connectivity index (χ4v) is 4.06. The second-order valence-corrected chi connectivity index (χ2v) is 6.83. The molecule has 3 aliphatic carbocycles. The van der Waals surface area contributed by atoms with Crippen molar-refractivity contribution in [3.63, 3.8) is 0 Å². The molecular weight excluding hydrogens is 260 g/mol. The zero-order chi connectivity index (χ0) is 12.7. The maximum absolute atomic E-state index is 12.3. The lowest BCUT2D eigenvalue weighted by molar-refractivity contribution is -0.128. The summed E-state index contributed by atoms with van der Waals surface area (Å²) in [5.41, 5.74) is 6.27. The first-order valence-electron chi connectivity index (χ1n) is 7.71. The number of hydrogen-bond acceptors (Lipinski definition) is 2. The summed E-state index contributed by atoms with van der Waals surface area (Å²) in [7, 11) is 0. The Bertz CT molecular complexity index is 318. The number of nitrogens with two attached hydrogens (primary N) is 1. The van der Waals surface area contributed by atoms with Crippen LogP contribution in [0.4, 0.5) is 0 Å². The van der Waals surface area contributed by atoms with Crippen LogP contribution in [0.3, 0.4) is 0 Å². The molecule has 4 heteroatoms. The molecule has 19 heavy (non-hydrogen) atoms. The molecule has 3 atom stereocenters. The van der Waals surface area contributed by atoms with Gasteiger partial charge in [0.25, 0.3) is 0 Å². The Hall–Kier alpha value is -0.280. The third kappa shape index (κ3) is 3.25. The van der Waals surface area contributed by atoms with Gasteiger partial charge in [-0.2, -0.15) is 0 Å². The van der Waals surface area contributed by atoms with E-state index in [0.717, 1.165) is 18.8 Å². The topological polar surface area (TPSA) is 55.1 Å². The Morgan fingerprint density at radius 2 is 1.74 bits per heavy atom. The van der Waals surface area contributed by atoms with E-state index in [1.54, 1.807) is 0 Å². The Morgan fingerprint density at radius 1 is 1.16 bits per heavy atom. The first kappa shape index (κ1) is 15.1. The van der Waals surface area contributed by atoms with Gasteiger partial charge in [-0.05, 0) is 63.2 Å². The van der Waals surface area contributed by atoms with Gasteiger partial charge < -0.3 is 11.1 Å². The summed E-state index contributed by atoms with van der Waals surface area (Å²) in [6, 6.07) is 0.747. The van der Waals surface area contributed by atoms with Crippen LogP contribution in [0.1, 0.15) is 51.9 Å². The summed E-state index contributed by atoms with van der Waals surface area (Å²) in [6.45, 7) is 2.16. The molecule has 0 spiro atoms. The van der Waals surface area contributed by atoms with Crippen molar-refractivity contribution in [1.29, 1.82) is 0 Å². The fourth-order valence-electron chi connectivity index (χ4n) is 4.06. The van der Waals surface area contributed by atoms with Gasteiger partial charge in [0.1, 0.15) is 0 Å². The Kier molecular flexibility index (Phi) is 4.78. The van der Waals surface area contributed by atoms with Crippen LogP contribution in [0.25, 0.3) is 0 Å². The van der Waals surface area contributed by atoms with Gasteiger partial charge in [0, 0.05) is 18.0 Å². The fraction of sp³-hybridized carbons (Fsp3) is 0.933. The number of rotatable bonds is 3. The van der Waals surface area contributed by atoms with Crippen molar-refractivity contribution in [1.82, 2.24) is 5.32 Å². The second kappa shape index (κ2) is 6.01. The summed E-state index contributed by atoms with van der Waals surface area (Å²) in [5, 5.41) is 3.24. The lowest BCUT2D eigenvalue weighted by Crippen LogP contribution is -2.50. The molecule has 3 fully saturated rings. The maximum Gasteiger partial charge on any atom is 0.223 e. The van der Waals surface area contributed by atoms with Crippen molar-refractivity contribution in [2.24, 2.45) is 29.4 Å². The number of amides is 1. The molecule has 0 heterocycles. The van der Waals surface area contributed by atoms with Gasteiger partial charge in [-0.3, -0.25) is 4.79 Å². The van der Waals surface area contributed by atoms with Gasteiger partial charge >= 0.3 is 0 Å². The van der Waals surface area contributed by atoms with E-state index >= 15 is 0 Å². The molecule has 0 radical (unpaired) electrons. The lowest BCUT2D eigenvalue weighted by atomic mass is 9.65. The quantitative estimate of drug-likeness (QED) is 0.837. The van der Waals surface area contributed by atoms with E-state index in [-0.39, 0.29) is 18.3 Å². The van der Waals surface area contributed by atoms with Gasteiger partial charge in [-0.25, -0.2) is 0 Å². The minimum atomic E-state index is 0. The zero-order valence-corrected chi connectivity index (χ0v) is 12.6. The summed E-state index contributed by atoms with van der Waals surface area (Å²) < 4.78 is 0. The highest BCUT2D eigenvalue weighted by Gasteiger charge is 2.41. The molecule has 110 valence electrons. The van der Waals surface area contributed by atoms with E-state index in [1.165, 1.54) is 32.1 Å². The van der Waals surface area contributed by atoms with Crippen LogP contribution in [0.2, 0.25) is 0 Å². The van der Waals surface area contributed by atoms with Gasteiger partial charge in [0.05, 0.1) is 0 Å². The molecule has 0 aliphatic heterocycles. The van der Waals surface area contributed by atoms with Crippen molar-refractivity contribution < 1.29 is 4.79 Å². The third-order valence-electron chi connectivity index (χ3n) is 5.48. The Balaban J connectivity index is 0.00000133. The average Bonchev–Trinajstić information content (AvgIpc) is 3.11. The molecule has 3 aliphatic rings. The second-order valence-electron chi connectivity index (χ2n) is 6.83. The minimum absolute atomic E-state index is 0. The van der Waals surface area contributed by atoms with Crippen LogP contribution in [0, 0.1) is 23.7 Å².